The molecule has 1 atom stereocenters. The molecule has 0 spiro atoms. The topological polar surface area (TPSA) is 123 Å². The van der Waals surface area contributed by atoms with Crippen molar-refractivity contribution in [3.8, 4) is 28.8 Å². The molecule has 1 aliphatic carbocycles. The molecule has 0 fully saturated rings. The van der Waals surface area contributed by atoms with Gasteiger partial charge in [0.15, 0.2) is 5.75 Å². The molecule has 1 N–H and O–H groups in total. The number of sulfonamides is 1. The summed E-state index contributed by atoms with van der Waals surface area (Å²) in [6, 6.07) is 14.7. The fourth-order valence-corrected chi connectivity index (χ4v) is 5.39. The minimum absolute atomic E-state index is 0.0433. The third-order valence-electron chi connectivity index (χ3n) is 5.70. The van der Waals surface area contributed by atoms with Crippen LogP contribution in [0.5, 0.6) is 5.75 Å². The lowest BCUT2D eigenvalue weighted by Crippen LogP contribution is -2.33. The molecule has 4 rings (SSSR count). The van der Waals surface area contributed by atoms with Crippen LogP contribution in [-0.4, -0.2) is 43.1 Å². The normalized spacial score (nSPS) is 15.0. The smallest absolute Gasteiger partial charge is 0.322 e. The van der Waals surface area contributed by atoms with Crippen LogP contribution in [0.2, 0.25) is 0 Å². The largest absolute Gasteiger partial charge is 0.490 e. The number of carbonyl (C=O) groups is 1. The summed E-state index contributed by atoms with van der Waals surface area (Å²) in [5, 5.41) is 14.2. The Morgan fingerprint density at radius 3 is 2.80 bits per heavy atom. The number of benzene rings is 2. The predicted octanol–water partition coefficient (Wildman–Crippen LogP) is 3.28. The van der Waals surface area contributed by atoms with Gasteiger partial charge in [0.25, 0.3) is 0 Å². The average molecular weight is 495 g/mol. The lowest BCUT2D eigenvalue weighted by molar-refractivity contribution is -0.137. The average Bonchev–Trinajstić information content (AvgIpc) is 3.46. The first-order valence-corrected chi connectivity index (χ1v) is 12.8. The van der Waals surface area contributed by atoms with Gasteiger partial charge in [-0.2, -0.15) is 10.4 Å². The lowest BCUT2D eigenvalue weighted by atomic mass is 10.0. The molecular formula is C25H26N4O5S. The molecule has 0 saturated carbocycles. The molecule has 1 aliphatic rings. The minimum atomic E-state index is -3.83. The maximum Gasteiger partial charge on any atom is 0.322 e. The first-order chi connectivity index (χ1) is 16.7. The number of hydrogen-bond acceptors (Lipinski definition) is 7. The third-order valence-corrected chi connectivity index (χ3v) is 6.96. The second-order valence-corrected chi connectivity index (χ2v) is 10.3. The Hall–Kier alpha value is -3.68. The Bertz CT molecular complexity index is 1410. The molecule has 182 valence electrons. The molecule has 0 aliphatic heterocycles. The van der Waals surface area contributed by atoms with E-state index in [0.717, 1.165) is 35.2 Å². The van der Waals surface area contributed by atoms with E-state index in [1.807, 2.05) is 50.4 Å². The van der Waals surface area contributed by atoms with Gasteiger partial charge in [-0.25, -0.2) is 17.8 Å². The maximum atomic E-state index is 12.4. The Labute approximate surface area is 204 Å². The van der Waals surface area contributed by atoms with Crippen LogP contribution in [0.4, 0.5) is 0 Å². The summed E-state index contributed by atoms with van der Waals surface area (Å²) >= 11 is 0. The molecule has 0 amide bonds. The number of nitriles is 1. The number of carbonyl (C=O) groups excluding carboxylic acids is 1. The zero-order chi connectivity index (χ0) is 25.2. The van der Waals surface area contributed by atoms with Crippen molar-refractivity contribution in [3.05, 3.63) is 65.4 Å². The van der Waals surface area contributed by atoms with Crippen molar-refractivity contribution in [2.24, 2.45) is 0 Å². The molecule has 0 unspecified atom stereocenters. The molecule has 1 heterocycles. The van der Waals surface area contributed by atoms with E-state index >= 15 is 0 Å². The van der Waals surface area contributed by atoms with Crippen LogP contribution < -0.4 is 9.46 Å². The van der Waals surface area contributed by atoms with Crippen LogP contribution in [0.25, 0.3) is 16.9 Å². The van der Waals surface area contributed by atoms with Gasteiger partial charge in [0.2, 0.25) is 10.0 Å². The first kappa shape index (κ1) is 24.4. The van der Waals surface area contributed by atoms with E-state index in [4.69, 9.17) is 9.84 Å². The van der Waals surface area contributed by atoms with Crippen molar-refractivity contribution in [2.75, 3.05) is 12.9 Å². The molecule has 10 heteroatoms. The number of esters is 1. The van der Waals surface area contributed by atoms with Crippen LogP contribution in [0.1, 0.15) is 43.0 Å². The summed E-state index contributed by atoms with van der Waals surface area (Å²) in [7, 11) is -2.67. The number of nitrogens with zero attached hydrogens (tertiary/aromatic N) is 3. The summed E-state index contributed by atoms with van der Waals surface area (Å²) in [6.07, 6.45) is 3.03. The fourth-order valence-electron chi connectivity index (χ4n) is 4.21. The van der Waals surface area contributed by atoms with E-state index in [1.165, 1.54) is 0 Å². The fraction of sp³-hybridized carbons (Fsp3) is 0.320. The van der Waals surface area contributed by atoms with Crippen molar-refractivity contribution < 1.29 is 22.7 Å². The van der Waals surface area contributed by atoms with Crippen LogP contribution >= 0.6 is 0 Å². The zero-order valence-electron chi connectivity index (χ0n) is 19.7. The molecular weight excluding hydrogens is 468 g/mol. The number of methoxy groups -OCH3 is 1. The second-order valence-electron chi connectivity index (χ2n) is 8.52. The highest BCUT2D eigenvalue weighted by Gasteiger charge is 2.30. The van der Waals surface area contributed by atoms with Crippen molar-refractivity contribution in [1.29, 1.82) is 5.26 Å². The highest BCUT2D eigenvalue weighted by atomic mass is 32.2. The monoisotopic (exact) mass is 494 g/mol. The molecule has 0 saturated heterocycles. The Morgan fingerprint density at radius 1 is 1.29 bits per heavy atom. The zero-order valence-corrected chi connectivity index (χ0v) is 20.5. The third kappa shape index (κ3) is 5.37. The molecule has 0 radical (unpaired) electrons. The van der Waals surface area contributed by atoms with E-state index in [-0.39, 0.29) is 6.10 Å². The number of hydrogen-bond donors (Lipinski definition) is 1. The van der Waals surface area contributed by atoms with Gasteiger partial charge >= 0.3 is 5.97 Å². The standard InChI is InChI=1S/C25H26N4O5S/c1-16(2)34-24-10-7-18(13-17(24)14-26)29-12-11-22(27-29)20-5-4-6-21-19(20)8-9-23(21)28-35(31,32)15-25(30)33-3/h4-7,10-13,16,23,28H,8-9,15H2,1-3H3/t23-/m1/s1. The van der Waals surface area contributed by atoms with Crippen LogP contribution in [0.15, 0.2) is 48.7 Å². The van der Waals surface area contributed by atoms with Gasteiger partial charge < -0.3 is 9.47 Å². The first-order valence-electron chi connectivity index (χ1n) is 11.2. The summed E-state index contributed by atoms with van der Waals surface area (Å²) in [6.45, 7) is 3.81. The quantitative estimate of drug-likeness (QED) is 0.477. The number of ether oxygens (including phenoxy) is 2. The van der Waals surface area contributed by atoms with E-state index in [2.05, 4.69) is 15.5 Å². The number of aromatic nitrogens is 2. The minimum Gasteiger partial charge on any atom is -0.490 e. The van der Waals surface area contributed by atoms with Gasteiger partial charge in [0.1, 0.15) is 11.8 Å². The molecule has 2 aromatic carbocycles. The number of rotatable bonds is 8. The van der Waals surface area contributed by atoms with E-state index in [9.17, 15) is 18.5 Å². The molecule has 9 nitrogen and oxygen atoms in total. The summed E-state index contributed by atoms with van der Waals surface area (Å²) in [5.74, 6) is -0.996. The number of fused-ring (bicyclic) bond motifs is 1. The molecule has 35 heavy (non-hydrogen) atoms. The Kier molecular flexibility index (Phi) is 6.91. The van der Waals surface area contributed by atoms with E-state index in [1.54, 1.807) is 16.8 Å². The van der Waals surface area contributed by atoms with Gasteiger partial charge in [0, 0.05) is 17.8 Å². The lowest BCUT2D eigenvalue weighted by Gasteiger charge is -2.14. The van der Waals surface area contributed by atoms with Gasteiger partial charge in [-0.15, -0.1) is 0 Å². The van der Waals surface area contributed by atoms with E-state index < -0.39 is 27.8 Å². The maximum absolute atomic E-state index is 12.4. The highest BCUT2D eigenvalue weighted by Crippen LogP contribution is 2.37. The van der Waals surface area contributed by atoms with Gasteiger partial charge in [-0.05, 0) is 62.1 Å². The van der Waals surface area contributed by atoms with Crippen LogP contribution in [-0.2, 0) is 26.0 Å². The van der Waals surface area contributed by atoms with Crippen molar-refractivity contribution in [3.63, 3.8) is 0 Å². The van der Waals surface area contributed by atoms with Gasteiger partial charge in [-0.1, -0.05) is 18.2 Å². The number of nitrogens with one attached hydrogen (secondary N) is 1. The van der Waals surface area contributed by atoms with Crippen molar-refractivity contribution >= 4 is 16.0 Å². The van der Waals surface area contributed by atoms with Crippen LogP contribution in [0, 0.1) is 11.3 Å². The van der Waals surface area contributed by atoms with Crippen molar-refractivity contribution in [1.82, 2.24) is 14.5 Å². The van der Waals surface area contributed by atoms with E-state index in [0.29, 0.717) is 24.2 Å². The Balaban J connectivity index is 1.60. The summed E-state index contributed by atoms with van der Waals surface area (Å²) in [4.78, 5) is 11.4. The summed E-state index contributed by atoms with van der Waals surface area (Å²) < 4.78 is 39.2. The second kappa shape index (κ2) is 9.90. The van der Waals surface area contributed by atoms with Gasteiger partial charge in [0.05, 0.1) is 30.2 Å². The predicted molar refractivity (Wildman–Crippen MR) is 129 cm³/mol. The van der Waals surface area contributed by atoms with Crippen LogP contribution in [0.3, 0.4) is 0 Å². The summed E-state index contributed by atoms with van der Waals surface area (Å²) in [5.41, 5.74) is 4.69. The SMILES string of the molecule is COC(=O)CS(=O)(=O)N[C@@H]1CCc2c(-c3ccn(-c4ccc(OC(C)C)c(C#N)c4)n3)cccc21. The molecule has 1 aromatic heterocycles. The van der Waals surface area contributed by atoms with Crippen molar-refractivity contribution in [2.45, 2.75) is 38.8 Å². The molecule has 0 bridgehead atoms. The highest BCUT2D eigenvalue weighted by molar-refractivity contribution is 7.90. The van der Waals surface area contributed by atoms with Gasteiger partial charge in [-0.3, -0.25) is 4.79 Å². The molecule has 3 aromatic rings. The Morgan fingerprint density at radius 2 is 2.09 bits per heavy atom.